The van der Waals surface area contributed by atoms with Crippen LogP contribution in [0.2, 0.25) is 0 Å². The summed E-state index contributed by atoms with van der Waals surface area (Å²) in [4.78, 5) is 25.3. The Hall–Kier alpha value is -1.57. The molecule has 0 saturated carbocycles. The quantitative estimate of drug-likeness (QED) is 0.780. The second kappa shape index (κ2) is 10.1. The third-order valence-electron chi connectivity index (χ3n) is 5.83. The molecule has 3 heterocycles. The number of likely N-dealkylation sites (tertiary alicyclic amines) is 1. The van der Waals surface area contributed by atoms with Crippen LogP contribution in [0, 0.1) is 0 Å². The van der Waals surface area contributed by atoms with Gasteiger partial charge in [-0.3, -0.25) is 9.69 Å². The first-order chi connectivity index (χ1) is 13.1. The Balaban J connectivity index is 1.55. The van der Waals surface area contributed by atoms with Gasteiger partial charge >= 0.3 is 0 Å². The molecule has 27 heavy (non-hydrogen) atoms. The van der Waals surface area contributed by atoms with Crippen molar-refractivity contribution in [3.63, 3.8) is 0 Å². The molecular weight excluding hydrogens is 342 g/mol. The van der Waals surface area contributed by atoms with Crippen molar-refractivity contribution in [3.8, 4) is 0 Å². The molecule has 0 aliphatic carbocycles. The fraction of sp³-hybridized carbons (Fsp3) is 0.750. The van der Waals surface area contributed by atoms with Crippen molar-refractivity contribution in [2.24, 2.45) is 0 Å². The summed E-state index contributed by atoms with van der Waals surface area (Å²) in [6.45, 7) is 10.1. The van der Waals surface area contributed by atoms with Gasteiger partial charge in [0.1, 0.15) is 12.0 Å². The molecule has 2 fully saturated rings. The van der Waals surface area contributed by atoms with Crippen LogP contribution in [0.15, 0.2) is 18.6 Å². The Morgan fingerprint density at radius 2 is 1.96 bits per heavy atom. The minimum atomic E-state index is -0.126. The third kappa shape index (κ3) is 5.70. The number of piperidine rings is 1. The SMILES string of the molecule is CC(C)N1CCC(N(CCNC(=O)c2ccncn2)C2CCOCC2)CC1. The third-order valence-corrected chi connectivity index (χ3v) is 5.83. The average molecular weight is 376 g/mol. The molecule has 1 amide bonds. The van der Waals surface area contributed by atoms with Gasteiger partial charge < -0.3 is 15.0 Å². The average Bonchev–Trinajstić information content (AvgIpc) is 2.72. The summed E-state index contributed by atoms with van der Waals surface area (Å²) in [6, 6.07) is 3.42. The molecule has 0 spiro atoms. The molecule has 1 N–H and O–H groups in total. The topological polar surface area (TPSA) is 70.6 Å². The smallest absolute Gasteiger partial charge is 0.270 e. The number of nitrogens with one attached hydrogen (secondary N) is 1. The van der Waals surface area contributed by atoms with E-state index in [0.29, 0.717) is 30.4 Å². The predicted octanol–water partition coefficient (Wildman–Crippen LogP) is 1.56. The summed E-state index contributed by atoms with van der Waals surface area (Å²) in [6.07, 6.45) is 7.59. The first-order valence-corrected chi connectivity index (χ1v) is 10.3. The van der Waals surface area contributed by atoms with Crippen LogP contribution >= 0.6 is 0 Å². The van der Waals surface area contributed by atoms with Gasteiger partial charge in [-0.2, -0.15) is 0 Å². The monoisotopic (exact) mass is 375 g/mol. The number of hydrogen-bond acceptors (Lipinski definition) is 6. The van der Waals surface area contributed by atoms with E-state index in [1.807, 2.05) is 0 Å². The number of ether oxygens (including phenoxy) is 1. The van der Waals surface area contributed by atoms with Gasteiger partial charge in [0.05, 0.1) is 0 Å². The lowest BCUT2D eigenvalue weighted by Gasteiger charge is -2.44. The number of nitrogens with zero attached hydrogens (tertiary/aromatic N) is 4. The minimum absolute atomic E-state index is 0.126. The number of hydrogen-bond donors (Lipinski definition) is 1. The molecule has 1 aromatic rings. The Kier molecular flexibility index (Phi) is 7.55. The second-order valence-corrected chi connectivity index (χ2v) is 7.79. The number of amides is 1. The van der Waals surface area contributed by atoms with E-state index in [-0.39, 0.29) is 5.91 Å². The highest BCUT2D eigenvalue weighted by molar-refractivity contribution is 5.91. The molecule has 0 atom stereocenters. The van der Waals surface area contributed by atoms with E-state index in [0.717, 1.165) is 45.7 Å². The van der Waals surface area contributed by atoms with Crippen LogP contribution in [0.5, 0.6) is 0 Å². The van der Waals surface area contributed by atoms with Crippen LogP contribution < -0.4 is 5.32 Å². The van der Waals surface area contributed by atoms with E-state index in [2.05, 4.69) is 38.9 Å². The van der Waals surface area contributed by atoms with E-state index in [1.165, 1.54) is 19.2 Å². The largest absolute Gasteiger partial charge is 0.381 e. The van der Waals surface area contributed by atoms with Gasteiger partial charge in [-0.1, -0.05) is 0 Å². The van der Waals surface area contributed by atoms with E-state index in [9.17, 15) is 4.79 Å². The zero-order valence-electron chi connectivity index (χ0n) is 16.6. The second-order valence-electron chi connectivity index (χ2n) is 7.79. The molecule has 0 unspecified atom stereocenters. The predicted molar refractivity (Wildman–Crippen MR) is 105 cm³/mol. The van der Waals surface area contributed by atoms with Crippen LogP contribution in [-0.2, 0) is 4.74 Å². The van der Waals surface area contributed by atoms with Gasteiger partial charge in [-0.15, -0.1) is 0 Å². The molecule has 0 bridgehead atoms. The van der Waals surface area contributed by atoms with Gasteiger partial charge in [-0.25, -0.2) is 9.97 Å². The summed E-state index contributed by atoms with van der Waals surface area (Å²) < 4.78 is 5.57. The van der Waals surface area contributed by atoms with Crippen molar-refractivity contribution in [1.82, 2.24) is 25.1 Å². The summed E-state index contributed by atoms with van der Waals surface area (Å²) in [7, 11) is 0. The molecule has 150 valence electrons. The van der Waals surface area contributed by atoms with Crippen molar-refractivity contribution in [3.05, 3.63) is 24.3 Å². The molecule has 0 aromatic carbocycles. The summed E-state index contributed by atoms with van der Waals surface area (Å²) in [5.74, 6) is -0.126. The summed E-state index contributed by atoms with van der Waals surface area (Å²) in [5.41, 5.74) is 0.424. The standard InChI is InChI=1S/C20H33N5O2/c1-16(2)24-10-4-17(5-11-24)25(18-6-13-27-14-7-18)12-9-22-20(26)19-3-8-21-15-23-19/h3,8,15-18H,4-7,9-14H2,1-2H3,(H,22,26). The molecule has 2 aliphatic heterocycles. The van der Waals surface area contributed by atoms with Gasteiger partial charge in [0.2, 0.25) is 0 Å². The normalized spacial score (nSPS) is 20.3. The lowest BCUT2D eigenvalue weighted by Crippen LogP contribution is -2.53. The molecule has 1 aromatic heterocycles. The van der Waals surface area contributed by atoms with E-state index in [1.54, 1.807) is 12.3 Å². The van der Waals surface area contributed by atoms with Gasteiger partial charge in [-0.05, 0) is 58.7 Å². The number of aromatic nitrogens is 2. The fourth-order valence-electron chi connectivity index (χ4n) is 4.23. The number of carbonyl (C=O) groups is 1. The lowest BCUT2D eigenvalue weighted by molar-refractivity contribution is 0.0000188. The molecule has 7 heteroatoms. The Morgan fingerprint density at radius 3 is 2.59 bits per heavy atom. The molecular formula is C20H33N5O2. The van der Waals surface area contributed by atoms with Gasteiger partial charge in [0.15, 0.2) is 0 Å². The number of carbonyl (C=O) groups excluding carboxylic acids is 1. The molecule has 2 saturated heterocycles. The highest BCUT2D eigenvalue weighted by Gasteiger charge is 2.31. The Labute approximate surface area is 162 Å². The van der Waals surface area contributed by atoms with Crippen LogP contribution in [-0.4, -0.2) is 83.2 Å². The van der Waals surface area contributed by atoms with Crippen LogP contribution in [0.25, 0.3) is 0 Å². The van der Waals surface area contributed by atoms with Crippen LogP contribution in [0.3, 0.4) is 0 Å². The molecule has 2 aliphatic rings. The lowest BCUT2D eigenvalue weighted by atomic mass is 9.97. The molecule has 7 nitrogen and oxygen atoms in total. The fourth-order valence-corrected chi connectivity index (χ4v) is 4.23. The maximum Gasteiger partial charge on any atom is 0.270 e. The van der Waals surface area contributed by atoms with Crippen molar-refractivity contribution >= 4 is 5.91 Å². The Morgan fingerprint density at radius 1 is 1.26 bits per heavy atom. The Bertz CT molecular complexity index is 569. The van der Waals surface area contributed by atoms with Gasteiger partial charge in [0, 0.05) is 50.6 Å². The highest BCUT2D eigenvalue weighted by Crippen LogP contribution is 2.24. The first-order valence-electron chi connectivity index (χ1n) is 10.3. The van der Waals surface area contributed by atoms with Crippen molar-refractivity contribution in [2.75, 3.05) is 39.4 Å². The van der Waals surface area contributed by atoms with Crippen molar-refractivity contribution in [1.29, 1.82) is 0 Å². The van der Waals surface area contributed by atoms with Crippen molar-refractivity contribution in [2.45, 2.75) is 57.7 Å². The maximum atomic E-state index is 12.3. The first kappa shape index (κ1) is 20.2. The zero-order chi connectivity index (χ0) is 19.1. The molecule has 0 radical (unpaired) electrons. The van der Waals surface area contributed by atoms with Crippen LogP contribution in [0.1, 0.15) is 50.0 Å². The molecule has 3 rings (SSSR count). The van der Waals surface area contributed by atoms with E-state index < -0.39 is 0 Å². The van der Waals surface area contributed by atoms with E-state index >= 15 is 0 Å². The zero-order valence-corrected chi connectivity index (χ0v) is 16.6. The minimum Gasteiger partial charge on any atom is -0.381 e. The maximum absolute atomic E-state index is 12.3. The summed E-state index contributed by atoms with van der Waals surface area (Å²) >= 11 is 0. The van der Waals surface area contributed by atoms with Gasteiger partial charge in [0.25, 0.3) is 5.91 Å². The highest BCUT2D eigenvalue weighted by atomic mass is 16.5. The van der Waals surface area contributed by atoms with E-state index in [4.69, 9.17) is 4.74 Å². The van der Waals surface area contributed by atoms with Crippen LogP contribution in [0.4, 0.5) is 0 Å². The van der Waals surface area contributed by atoms with Crippen molar-refractivity contribution < 1.29 is 9.53 Å². The summed E-state index contributed by atoms with van der Waals surface area (Å²) in [5, 5.41) is 3.02. The number of rotatable bonds is 7.